The summed E-state index contributed by atoms with van der Waals surface area (Å²) in [5, 5.41) is 0.839. The maximum absolute atomic E-state index is 10.6. The molecule has 5 heteroatoms. The first-order valence-corrected chi connectivity index (χ1v) is 4.37. The third-order valence-corrected chi connectivity index (χ3v) is 1.74. The van der Waals surface area contributed by atoms with Gasteiger partial charge in [0, 0.05) is 12.0 Å². The maximum Gasteiger partial charge on any atom is 0.235 e. The Labute approximate surface area is 60.9 Å². The molecule has 0 aliphatic rings. The highest BCUT2D eigenvalue weighted by Crippen LogP contribution is 1.81. The van der Waals surface area contributed by atoms with Crippen LogP contribution in [-0.2, 0) is 14.8 Å². The lowest BCUT2D eigenvalue weighted by Gasteiger charge is -2.00. The van der Waals surface area contributed by atoms with Crippen LogP contribution in [0.25, 0.3) is 0 Å². The summed E-state index contributed by atoms with van der Waals surface area (Å²) in [5.41, 5.74) is 0. The number of nitrogens with one attached hydrogen (secondary N) is 1. The van der Waals surface area contributed by atoms with Crippen molar-refractivity contribution in [1.29, 1.82) is 0 Å². The second-order valence-corrected chi connectivity index (χ2v) is 3.21. The molecule has 0 fully saturated rings. The fraction of sp³-hybridized carbons (Fsp3) is 0.600. The topological polar surface area (TPSA) is 55.4 Å². The zero-order chi connectivity index (χ0) is 8.04. The van der Waals surface area contributed by atoms with Crippen molar-refractivity contribution in [2.24, 2.45) is 0 Å². The van der Waals surface area contributed by atoms with Gasteiger partial charge < -0.3 is 4.74 Å². The zero-order valence-corrected chi connectivity index (χ0v) is 6.65. The van der Waals surface area contributed by atoms with Gasteiger partial charge in [0.2, 0.25) is 10.0 Å². The first-order valence-electron chi connectivity index (χ1n) is 2.82. The van der Waals surface area contributed by atoms with Crippen molar-refractivity contribution in [2.45, 2.75) is 6.92 Å². The highest BCUT2D eigenvalue weighted by Gasteiger charge is 1.99. The molecule has 0 unspecified atom stereocenters. The average Bonchev–Trinajstić information content (AvgIpc) is 1.89. The van der Waals surface area contributed by atoms with Gasteiger partial charge in [-0.3, -0.25) is 0 Å². The third-order valence-electron chi connectivity index (χ3n) is 0.786. The van der Waals surface area contributed by atoms with E-state index in [1.165, 1.54) is 0 Å². The summed E-state index contributed by atoms with van der Waals surface area (Å²) in [6, 6.07) is 0. The third kappa shape index (κ3) is 4.49. The largest absolute Gasteiger partial charge is 0.366 e. The van der Waals surface area contributed by atoms with Crippen LogP contribution in [0.2, 0.25) is 0 Å². The summed E-state index contributed by atoms with van der Waals surface area (Å²) >= 11 is 0. The van der Waals surface area contributed by atoms with Gasteiger partial charge in [0.25, 0.3) is 0 Å². The van der Waals surface area contributed by atoms with E-state index in [2.05, 4.69) is 11.3 Å². The zero-order valence-electron chi connectivity index (χ0n) is 5.83. The Morgan fingerprint density at radius 1 is 1.70 bits per heavy atom. The van der Waals surface area contributed by atoms with Crippen molar-refractivity contribution in [1.82, 2.24) is 4.72 Å². The van der Waals surface area contributed by atoms with Crippen molar-refractivity contribution in [3.63, 3.8) is 0 Å². The second-order valence-electron chi connectivity index (χ2n) is 1.49. The highest BCUT2D eigenvalue weighted by molar-refractivity contribution is 7.92. The molecule has 0 rings (SSSR count). The van der Waals surface area contributed by atoms with Gasteiger partial charge in [-0.1, -0.05) is 6.58 Å². The van der Waals surface area contributed by atoms with Gasteiger partial charge in [0.05, 0.1) is 0 Å². The molecule has 0 saturated carbocycles. The molecule has 0 amide bonds. The Kier molecular flexibility index (Phi) is 4.26. The average molecular weight is 165 g/mol. The van der Waals surface area contributed by atoms with Crippen molar-refractivity contribution < 1.29 is 13.2 Å². The summed E-state index contributed by atoms with van der Waals surface area (Å²) < 4.78 is 28.0. The Morgan fingerprint density at radius 3 is 2.70 bits per heavy atom. The highest BCUT2D eigenvalue weighted by atomic mass is 32.2. The van der Waals surface area contributed by atoms with Crippen LogP contribution in [0.3, 0.4) is 0 Å². The van der Waals surface area contributed by atoms with E-state index in [0.717, 1.165) is 5.41 Å². The van der Waals surface area contributed by atoms with E-state index < -0.39 is 10.0 Å². The monoisotopic (exact) mass is 165 g/mol. The Bertz CT molecular complexity index is 185. The molecular formula is C5H11NO3S. The lowest BCUT2D eigenvalue weighted by molar-refractivity contribution is 0.144. The fourth-order valence-corrected chi connectivity index (χ4v) is 0.650. The van der Waals surface area contributed by atoms with Crippen LogP contribution < -0.4 is 4.72 Å². The summed E-state index contributed by atoms with van der Waals surface area (Å²) in [4.78, 5) is 0. The summed E-state index contributed by atoms with van der Waals surface area (Å²) in [5.74, 6) is 0. The molecule has 0 aromatic rings. The molecule has 0 atom stereocenters. The molecule has 4 nitrogen and oxygen atoms in total. The SMILES string of the molecule is C=CS(=O)(=O)NCOCC. The molecule has 0 radical (unpaired) electrons. The standard InChI is InChI=1S/C5H11NO3S/c1-3-9-5-6-10(7,8)4-2/h4,6H,2-3,5H2,1H3. The molecule has 0 aromatic heterocycles. The van der Waals surface area contributed by atoms with Gasteiger partial charge in [-0.15, -0.1) is 0 Å². The van der Waals surface area contributed by atoms with E-state index in [9.17, 15) is 8.42 Å². The first kappa shape index (κ1) is 9.61. The van der Waals surface area contributed by atoms with Crippen LogP contribution in [0, 0.1) is 0 Å². The summed E-state index contributed by atoms with van der Waals surface area (Å²) in [6.07, 6.45) is 0. The van der Waals surface area contributed by atoms with Gasteiger partial charge in [0.1, 0.15) is 6.73 Å². The van der Waals surface area contributed by atoms with Crippen LogP contribution in [0.4, 0.5) is 0 Å². The van der Waals surface area contributed by atoms with E-state index >= 15 is 0 Å². The van der Waals surface area contributed by atoms with E-state index in [-0.39, 0.29) is 6.73 Å². The Morgan fingerprint density at radius 2 is 2.30 bits per heavy atom. The summed E-state index contributed by atoms with van der Waals surface area (Å²) in [6.45, 7) is 5.38. The Balaban J connectivity index is 3.59. The number of rotatable bonds is 5. The van der Waals surface area contributed by atoms with E-state index in [4.69, 9.17) is 4.74 Å². The molecule has 0 heterocycles. The molecule has 0 bridgehead atoms. The smallest absolute Gasteiger partial charge is 0.235 e. The first-order chi connectivity index (χ1) is 4.62. The molecular weight excluding hydrogens is 154 g/mol. The van der Waals surface area contributed by atoms with Crippen molar-refractivity contribution >= 4 is 10.0 Å². The predicted molar refractivity (Wildman–Crippen MR) is 38.7 cm³/mol. The fourth-order valence-electron chi connectivity index (χ4n) is 0.285. The van der Waals surface area contributed by atoms with Crippen molar-refractivity contribution in [3.05, 3.63) is 12.0 Å². The quantitative estimate of drug-likeness (QED) is 0.462. The predicted octanol–water partition coefficient (Wildman–Crippen LogP) is 0.0433. The molecule has 0 aliphatic heterocycles. The minimum absolute atomic E-state index is 0.00481. The molecule has 0 aliphatic carbocycles. The number of hydrogen-bond donors (Lipinski definition) is 1. The maximum atomic E-state index is 10.6. The number of hydrogen-bond acceptors (Lipinski definition) is 3. The summed E-state index contributed by atoms with van der Waals surface area (Å²) in [7, 11) is -3.30. The number of ether oxygens (including phenoxy) is 1. The molecule has 0 spiro atoms. The lowest BCUT2D eigenvalue weighted by Crippen LogP contribution is -2.23. The van der Waals surface area contributed by atoms with Crippen LogP contribution >= 0.6 is 0 Å². The normalized spacial score (nSPS) is 11.3. The second kappa shape index (κ2) is 4.43. The molecule has 1 N–H and O–H groups in total. The van der Waals surface area contributed by atoms with Crippen molar-refractivity contribution in [3.8, 4) is 0 Å². The van der Waals surface area contributed by atoms with Crippen LogP contribution in [0.5, 0.6) is 0 Å². The van der Waals surface area contributed by atoms with Crippen LogP contribution in [0.1, 0.15) is 6.92 Å². The van der Waals surface area contributed by atoms with Gasteiger partial charge in [-0.25, -0.2) is 8.42 Å². The molecule has 60 valence electrons. The molecule has 0 saturated heterocycles. The van der Waals surface area contributed by atoms with E-state index in [1.807, 2.05) is 0 Å². The van der Waals surface area contributed by atoms with Gasteiger partial charge in [-0.05, 0) is 6.92 Å². The molecule has 0 aromatic carbocycles. The Hall–Kier alpha value is -0.390. The van der Waals surface area contributed by atoms with Crippen LogP contribution in [-0.4, -0.2) is 21.8 Å². The number of sulfonamides is 1. The van der Waals surface area contributed by atoms with Gasteiger partial charge in [0.15, 0.2) is 0 Å². The van der Waals surface area contributed by atoms with Gasteiger partial charge in [-0.2, -0.15) is 4.72 Å². The van der Waals surface area contributed by atoms with E-state index in [0.29, 0.717) is 6.61 Å². The minimum Gasteiger partial charge on any atom is -0.366 e. The minimum atomic E-state index is -3.30. The van der Waals surface area contributed by atoms with Crippen molar-refractivity contribution in [2.75, 3.05) is 13.3 Å². The van der Waals surface area contributed by atoms with Gasteiger partial charge >= 0.3 is 0 Å². The van der Waals surface area contributed by atoms with Crippen LogP contribution in [0.15, 0.2) is 12.0 Å². The molecule has 10 heavy (non-hydrogen) atoms. The van der Waals surface area contributed by atoms with E-state index in [1.54, 1.807) is 6.92 Å². The lowest BCUT2D eigenvalue weighted by atomic mass is 10.9.